The Morgan fingerprint density at radius 1 is 1.10 bits per heavy atom. The summed E-state index contributed by atoms with van der Waals surface area (Å²) in [5.74, 6) is -1.82. The molecule has 1 atom stereocenters. The molecule has 0 bridgehead atoms. The van der Waals surface area contributed by atoms with E-state index < -0.39 is 27.7 Å². The zero-order valence-corrected chi connectivity index (χ0v) is 11.4. The Kier molecular flexibility index (Phi) is 4.06. The van der Waals surface area contributed by atoms with E-state index in [1.807, 2.05) is 18.2 Å². The number of fused-ring (bicyclic) bond motifs is 1. The number of carbonyl (C=O) groups is 1. The molecule has 6 heteroatoms. The minimum absolute atomic E-state index is 0.133. The quantitative estimate of drug-likeness (QED) is 0.870. The molecule has 0 spiro atoms. The van der Waals surface area contributed by atoms with E-state index >= 15 is 0 Å². The number of carboxylic acid groups (broad SMARTS) is 1. The van der Waals surface area contributed by atoms with Crippen molar-refractivity contribution < 1.29 is 23.4 Å². The van der Waals surface area contributed by atoms with E-state index in [1.54, 1.807) is 18.2 Å². The van der Waals surface area contributed by atoms with Gasteiger partial charge in [-0.15, -0.1) is 0 Å². The SMILES string of the molecule is O=C(O)C(O)CCS(=O)(=O)c1ccc2ccccc2c1. The Hall–Kier alpha value is -1.92. The third kappa shape index (κ3) is 3.15. The molecule has 0 fully saturated rings. The summed E-state index contributed by atoms with van der Waals surface area (Å²) in [5, 5.41) is 19.4. The maximum Gasteiger partial charge on any atom is 0.332 e. The molecule has 0 amide bonds. The number of aliphatic carboxylic acids is 1. The molecule has 0 heterocycles. The molecular weight excluding hydrogens is 280 g/mol. The van der Waals surface area contributed by atoms with Gasteiger partial charge in [-0.1, -0.05) is 30.3 Å². The summed E-state index contributed by atoms with van der Waals surface area (Å²) in [6, 6.07) is 12.1. The second kappa shape index (κ2) is 5.60. The van der Waals surface area contributed by atoms with Crippen LogP contribution in [0, 0.1) is 0 Å². The Labute approximate surface area is 116 Å². The lowest BCUT2D eigenvalue weighted by atomic mass is 10.1. The third-order valence-corrected chi connectivity index (χ3v) is 4.77. The molecule has 5 nitrogen and oxygen atoms in total. The minimum atomic E-state index is -3.60. The average Bonchev–Trinajstić information content (AvgIpc) is 2.44. The molecule has 0 radical (unpaired) electrons. The van der Waals surface area contributed by atoms with Gasteiger partial charge in [0.15, 0.2) is 15.9 Å². The molecule has 106 valence electrons. The third-order valence-electron chi connectivity index (χ3n) is 3.03. The molecule has 0 saturated carbocycles. The topological polar surface area (TPSA) is 91.7 Å². The van der Waals surface area contributed by atoms with Crippen molar-refractivity contribution in [1.29, 1.82) is 0 Å². The number of rotatable bonds is 5. The molecule has 0 aliphatic rings. The second-order valence-corrected chi connectivity index (χ2v) is 6.58. The largest absolute Gasteiger partial charge is 0.479 e. The highest BCUT2D eigenvalue weighted by atomic mass is 32.2. The molecule has 0 saturated heterocycles. The van der Waals surface area contributed by atoms with Crippen molar-refractivity contribution >= 4 is 26.6 Å². The van der Waals surface area contributed by atoms with Gasteiger partial charge in [0, 0.05) is 0 Å². The smallest absolute Gasteiger partial charge is 0.332 e. The first-order valence-corrected chi connectivity index (χ1v) is 7.68. The predicted octanol–water partition coefficient (Wildman–Crippen LogP) is 1.45. The van der Waals surface area contributed by atoms with Crippen LogP contribution in [0.4, 0.5) is 0 Å². The summed E-state index contributed by atoms with van der Waals surface area (Å²) in [6.45, 7) is 0. The van der Waals surface area contributed by atoms with Crippen LogP contribution in [0.3, 0.4) is 0 Å². The van der Waals surface area contributed by atoms with Crippen LogP contribution < -0.4 is 0 Å². The van der Waals surface area contributed by atoms with Crippen LogP contribution in [0.1, 0.15) is 6.42 Å². The zero-order chi connectivity index (χ0) is 14.8. The Morgan fingerprint density at radius 3 is 2.40 bits per heavy atom. The normalized spacial score (nSPS) is 13.2. The van der Waals surface area contributed by atoms with Crippen LogP contribution in [0.2, 0.25) is 0 Å². The number of sulfone groups is 1. The van der Waals surface area contributed by atoms with E-state index in [9.17, 15) is 13.2 Å². The first-order valence-electron chi connectivity index (χ1n) is 6.02. The van der Waals surface area contributed by atoms with Gasteiger partial charge in [0.2, 0.25) is 0 Å². The van der Waals surface area contributed by atoms with Gasteiger partial charge in [-0.05, 0) is 29.3 Å². The molecular formula is C14H14O5S. The van der Waals surface area contributed by atoms with Gasteiger partial charge < -0.3 is 10.2 Å². The summed E-state index contributed by atoms with van der Waals surface area (Å²) in [5.41, 5.74) is 0. The minimum Gasteiger partial charge on any atom is -0.479 e. The van der Waals surface area contributed by atoms with Crippen molar-refractivity contribution in [3.8, 4) is 0 Å². The van der Waals surface area contributed by atoms with Gasteiger partial charge in [0.1, 0.15) is 0 Å². The number of aliphatic hydroxyl groups excluding tert-OH is 1. The van der Waals surface area contributed by atoms with Gasteiger partial charge in [0.05, 0.1) is 10.6 Å². The van der Waals surface area contributed by atoms with E-state index in [-0.39, 0.29) is 11.3 Å². The molecule has 0 aromatic heterocycles. The van der Waals surface area contributed by atoms with E-state index in [0.29, 0.717) is 0 Å². The number of benzene rings is 2. The monoisotopic (exact) mass is 294 g/mol. The lowest BCUT2D eigenvalue weighted by molar-refractivity contribution is -0.146. The standard InChI is InChI=1S/C14H14O5S/c15-13(14(16)17)7-8-20(18,19)12-6-5-10-3-1-2-4-11(10)9-12/h1-6,9,13,15H,7-8H2,(H,16,17). The van der Waals surface area contributed by atoms with Crippen molar-refractivity contribution in [2.75, 3.05) is 5.75 Å². The summed E-state index contributed by atoms with van der Waals surface area (Å²) >= 11 is 0. The first-order chi connectivity index (χ1) is 9.40. The molecule has 0 aliphatic heterocycles. The predicted molar refractivity (Wildman–Crippen MR) is 74.3 cm³/mol. The van der Waals surface area contributed by atoms with E-state index in [1.165, 1.54) is 6.07 Å². The van der Waals surface area contributed by atoms with Crippen LogP contribution >= 0.6 is 0 Å². The number of aliphatic hydroxyl groups is 1. The highest BCUT2D eigenvalue weighted by Gasteiger charge is 2.20. The average molecular weight is 294 g/mol. The summed E-state index contributed by atoms with van der Waals surface area (Å²) in [6.07, 6.45) is -1.99. The van der Waals surface area contributed by atoms with Crippen molar-refractivity contribution in [1.82, 2.24) is 0 Å². The highest BCUT2D eigenvalue weighted by Crippen LogP contribution is 2.20. The first kappa shape index (κ1) is 14.5. The summed E-state index contributed by atoms with van der Waals surface area (Å²) in [4.78, 5) is 10.6. The van der Waals surface area contributed by atoms with Gasteiger partial charge in [-0.25, -0.2) is 13.2 Å². The van der Waals surface area contributed by atoms with Gasteiger partial charge in [-0.2, -0.15) is 0 Å². The van der Waals surface area contributed by atoms with Gasteiger partial charge >= 0.3 is 5.97 Å². The van der Waals surface area contributed by atoms with Gasteiger partial charge in [0.25, 0.3) is 0 Å². The number of hydrogen-bond donors (Lipinski definition) is 2. The lowest BCUT2D eigenvalue weighted by Gasteiger charge is -2.08. The zero-order valence-electron chi connectivity index (χ0n) is 10.6. The van der Waals surface area contributed by atoms with Crippen molar-refractivity contribution in [3.05, 3.63) is 42.5 Å². The van der Waals surface area contributed by atoms with E-state index in [0.717, 1.165) is 10.8 Å². The maximum atomic E-state index is 12.1. The van der Waals surface area contributed by atoms with Crippen LogP contribution in [0.25, 0.3) is 10.8 Å². The molecule has 2 N–H and O–H groups in total. The number of hydrogen-bond acceptors (Lipinski definition) is 4. The Morgan fingerprint density at radius 2 is 1.75 bits per heavy atom. The fourth-order valence-electron chi connectivity index (χ4n) is 1.87. The fraction of sp³-hybridized carbons (Fsp3) is 0.214. The van der Waals surface area contributed by atoms with Crippen molar-refractivity contribution in [2.24, 2.45) is 0 Å². The molecule has 2 aromatic carbocycles. The number of carboxylic acids is 1. The second-order valence-electron chi connectivity index (χ2n) is 4.47. The molecule has 2 rings (SSSR count). The molecule has 0 aliphatic carbocycles. The lowest BCUT2D eigenvalue weighted by Crippen LogP contribution is -2.23. The fourth-order valence-corrected chi connectivity index (χ4v) is 3.22. The van der Waals surface area contributed by atoms with Crippen LogP contribution in [0.5, 0.6) is 0 Å². The van der Waals surface area contributed by atoms with Crippen molar-refractivity contribution in [2.45, 2.75) is 17.4 Å². The Balaban J connectivity index is 2.25. The highest BCUT2D eigenvalue weighted by molar-refractivity contribution is 7.91. The maximum absolute atomic E-state index is 12.1. The van der Waals surface area contributed by atoms with Crippen LogP contribution in [-0.4, -0.2) is 36.5 Å². The Bertz CT molecular complexity index is 736. The molecule has 1 unspecified atom stereocenters. The molecule has 20 heavy (non-hydrogen) atoms. The van der Waals surface area contributed by atoms with Crippen LogP contribution in [0.15, 0.2) is 47.4 Å². The van der Waals surface area contributed by atoms with Crippen LogP contribution in [-0.2, 0) is 14.6 Å². The van der Waals surface area contributed by atoms with E-state index in [4.69, 9.17) is 10.2 Å². The summed E-state index contributed by atoms with van der Waals surface area (Å²) in [7, 11) is -3.60. The van der Waals surface area contributed by atoms with Gasteiger partial charge in [-0.3, -0.25) is 0 Å². The molecule has 2 aromatic rings. The van der Waals surface area contributed by atoms with E-state index in [2.05, 4.69) is 0 Å². The summed E-state index contributed by atoms with van der Waals surface area (Å²) < 4.78 is 24.2. The van der Waals surface area contributed by atoms with Crippen molar-refractivity contribution in [3.63, 3.8) is 0 Å².